The Morgan fingerprint density at radius 2 is 2.22 bits per heavy atom. The Bertz CT molecular complexity index is 103. The molecule has 0 spiro atoms. The van der Waals surface area contributed by atoms with Crippen molar-refractivity contribution in [2.45, 2.75) is 37.7 Å². The largest absolute Gasteiger partial charge is 0.390 e. The van der Waals surface area contributed by atoms with E-state index in [1.807, 2.05) is 6.08 Å². The zero-order chi connectivity index (χ0) is 6.74. The van der Waals surface area contributed by atoms with Crippen molar-refractivity contribution in [3.63, 3.8) is 0 Å². The van der Waals surface area contributed by atoms with Crippen LogP contribution in [-0.2, 0) is 0 Å². The molecule has 0 aromatic rings. The highest BCUT2D eigenvalue weighted by molar-refractivity contribution is 4.93. The Balaban J connectivity index is 1.98. The van der Waals surface area contributed by atoms with E-state index in [0.29, 0.717) is 0 Å². The van der Waals surface area contributed by atoms with Crippen LogP contribution in [0.1, 0.15) is 32.1 Å². The molecule has 1 nitrogen and oxygen atoms in total. The van der Waals surface area contributed by atoms with Gasteiger partial charge >= 0.3 is 0 Å². The van der Waals surface area contributed by atoms with Gasteiger partial charge in [0.2, 0.25) is 0 Å². The first-order valence-electron chi connectivity index (χ1n) is 3.60. The maximum atomic E-state index is 9.32. The van der Waals surface area contributed by atoms with Crippen LogP contribution in [0.5, 0.6) is 0 Å². The Kier molecular flexibility index (Phi) is 1.91. The van der Waals surface area contributed by atoms with E-state index in [1.54, 1.807) is 0 Å². The van der Waals surface area contributed by atoms with Crippen LogP contribution in [0.4, 0.5) is 0 Å². The molecule has 1 heteroatoms. The smallest absolute Gasteiger partial charge is 0.0650 e. The molecule has 1 fully saturated rings. The van der Waals surface area contributed by atoms with Crippen molar-refractivity contribution in [3.8, 4) is 0 Å². The first kappa shape index (κ1) is 6.81. The third-order valence-corrected chi connectivity index (χ3v) is 1.88. The number of unbranched alkanes of at least 4 members (excludes halogenated alkanes) is 1. The molecule has 0 aliphatic heterocycles. The summed E-state index contributed by atoms with van der Waals surface area (Å²) in [7, 11) is 0. The standard InChI is InChI=1S/C8H14O/c1-2-3-4-5-8(9)6-7-8/h2,9H,1,3-7H2. The van der Waals surface area contributed by atoms with Gasteiger partial charge in [0.15, 0.2) is 0 Å². The lowest BCUT2D eigenvalue weighted by molar-refractivity contribution is 0.138. The van der Waals surface area contributed by atoms with Crippen LogP contribution in [0.25, 0.3) is 0 Å². The van der Waals surface area contributed by atoms with Crippen LogP contribution in [0.3, 0.4) is 0 Å². The zero-order valence-corrected chi connectivity index (χ0v) is 5.77. The molecule has 1 aliphatic carbocycles. The molecular formula is C8H14O. The highest BCUT2D eigenvalue weighted by Gasteiger charge is 2.38. The van der Waals surface area contributed by atoms with Gasteiger partial charge in [0.25, 0.3) is 0 Å². The molecule has 1 aliphatic rings. The van der Waals surface area contributed by atoms with Gasteiger partial charge < -0.3 is 5.11 Å². The van der Waals surface area contributed by atoms with Crippen molar-refractivity contribution in [3.05, 3.63) is 12.7 Å². The summed E-state index contributed by atoms with van der Waals surface area (Å²) < 4.78 is 0. The van der Waals surface area contributed by atoms with Gasteiger partial charge in [0.05, 0.1) is 5.60 Å². The monoisotopic (exact) mass is 126 g/mol. The molecule has 0 heterocycles. The predicted octanol–water partition coefficient (Wildman–Crippen LogP) is 1.87. The third kappa shape index (κ3) is 2.19. The molecule has 0 aromatic heterocycles. The number of aliphatic hydroxyl groups is 1. The molecule has 0 bridgehead atoms. The molecule has 1 N–H and O–H groups in total. The lowest BCUT2D eigenvalue weighted by Crippen LogP contribution is -2.04. The van der Waals surface area contributed by atoms with Crippen LogP contribution >= 0.6 is 0 Å². The highest BCUT2D eigenvalue weighted by Crippen LogP contribution is 2.39. The van der Waals surface area contributed by atoms with Gasteiger partial charge in [-0.25, -0.2) is 0 Å². The van der Waals surface area contributed by atoms with E-state index >= 15 is 0 Å². The third-order valence-electron chi connectivity index (χ3n) is 1.88. The topological polar surface area (TPSA) is 20.2 Å². The molecule has 0 saturated heterocycles. The van der Waals surface area contributed by atoms with E-state index in [1.165, 1.54) is 0 Å². The quantitative estimate of drug-likeness (QED) is 0.450. The van der Waals surface area contributed by atoms with Crippen molar-refractivity contribution in [1.82, 2.24) is 0 Å². The van der Waals surface area contributed by atoms with E-state index in [2.05, 4.69) is 6.58 Å². The van der Waals surface area contributed by atoms with Crippen molar-refractivity contribution in [2.75, 3.05) is 0 Å². The fourth-order valence-electron chi connectivity index (χ4n) is 0.970. The second kappa shape index (κ2) is 2.53. The van der Waals surface area contributed by atoms with Gasteiger partial charge in [-0.1, -0.05) is 6.08 Å². The van der Waals surface area contributed by atoms with Crippen molar-refractivity contribution < 1.29 is 5.11 Å². The van der Waals surface area contributed by atoms with Crippen molar-refractivity contribution in [2.24, 2.45) is 0 Å². The summed E-state index contributed by atoms with van der Waals surface area (Å²) in [6, 6.07) is 0. The van der Waals surface area contributed by atoms with Crippen LogP contribution in [0.15, 0.2) is 12.7 Å². The highest BCUT2D eigenvalue weighted by atomic mass is 16.3. The van der Waals surface area contributed by atoms with Crippen LogP contribution in [-0.4, -0.2) is 10.7 Å². The summed E-state index contributed by atoms with van der Waals surface area (Å²) in [5, 5.41) is 9.32. The minimum absolute atomic E-state index is 0.247. The molecule has 9 heavy (non-hydrogen) atoms. The summed E-state index contributed by atoms with van der Waals surface area (Å²) >= 11 is 0. The average molecular weight is 126 g/mol. The van der Waals surface area contributed by atoms with E-state index < -0.39 is 0 Å². The van der Waals surface area contributed by atoms with E-state index in [-0.39, 0.29) is 5.60 Å². The van der Waals surface area contributed by atoms with Crippen LogP contribution in [0, 0.1) is 0 Å². The minimum Gasteiger partial charge on any atom is -0.390 e. The number of rotatable bonds is 4. The predicted molar refractivity (Wildman–Crippen MR) is 38.2 cm³/mol. The number of hydrogen-bond donors (Lipinski definition) is 1. The Labute approximate surface area is 56.4 Å². The molecule has 0 unspecified atom stereocenters. The second-order valence-electron chi connectivity index (χ2n) is 2.91. The Morgan fingerprint density at radius 1 is 1.56 bits per heavy atom. The molecular weight excluding hydrogens is 112 g/mol. The minimum atomic E-state index is -0.247. The maximum absolute atomic E-state index is 9.32. The zero-order valence-electron chi connectivity index (χ0n) is 5.77. The van der Waals surface area contributed by atoms with Gasteiger partial charge in [-0.05, 0) is 32.1 Å². The van der Waals surface area contributed by atoms with Gasteiger partial charge in [0.1, 0.15) is 0 Å². The molecule has 1 rings (SSSR count). The number of hydrogen-bond acceptors (Lipinski definition) is 1. The first-order valence-corrected chi connectivity index (χ1v) is 3.60. The van der Waals surface area contributed by atoms with Gasteiger partial charge in [-0.3, -0.25) is 0 Å². The fraction of sp³-hybridized carbons (Fsp3) is 0.750. The Hall–Kier alpha value is -0.300. The van der Waals surface area contributed by atoms with Gasteiger partial charge in [-0.15, -0.1) is 6.58 Å². The van der Waals surface area contributed by atoms with Gasteiger partial charge in [-0.2, -0.15) is 0 Å². The summed E-state index contributed by atoms with van der Waals surface area (Å²) in [6.07, 6.45) is 7.06. The average Bonchev–Trinajstić information content (AvgIpc) is 2.50. The lowest BCUT2D eigenvalue weighted by Gasteiger charge is -2.03. The van der Waals surface area contributed by atoms with Crippen molar-refractivity contribution >= 4 is 0 Å². The summed E-state index contributed by atoms with van der Waals surface area (Å²) in [5.41, 5.74) is -0.247. The Morgan fingerprint density at radius 3 is 2.67 bits per heavy atom. The molecule has 1 saturated carbocycles. The van der Waals surface area contributed by atoms with E-state index in [4.69, 9.17) is 0 Å². The SMILES string of the molecule is C=CCCCC1(O)CC1. The molecule has 0 aromatic carbocycles. The molecule has 52 valence electrons. The van der Waals surface area contributed by atoms with Crippen LogP contribution < -0.4 is 0 Å². The number of allylic oxidation sites excluding steroid dienone is 1. The normalized spacial score (nSPS) is 21.4. The maximum Gasteiger partial charge on any atom is 0.0650 e. The van der Waals surface area contributed by atoms with Crippen molar-refractivity contribution in [1.29, 1.82) is 0 Å². The summed E-state index contributed by atoms with van der Waals surface area (Å²) in [4.78, 5) is 0. The fourth-order valence-corrected chi connectivity index (χ4v) is 0.970. The van der Waals surface area contributed by atoms with Gasteiger partial charge in [0, 0.05) is 0 Å². The van der Waals surface area contributed by atoms with Crippen LogP contribution in [0.2, 0.25) is 0 Å². The molecule has 0 atom stereocenters. The first-order chi connectivity index (χ1) is 4.27. The van der Waals surface area contributed by atoms with E-state index in [0.717, 1.165) is 32.1 Å². The summed E-state index contributed by atoms with van der Waals surface area (Å²) in [5.74, 6) is 0. The second-order valence-corrected chi connectivity index (χ2v) is 2.91. The van der Waals surface area contributed by atoms with E-state index in [9.17, 15) is 5.11 Å². The summed E-state index contributed by atoms with van der Waals surface area (Å²) in [6.45, 7) is 3.62. The molecule has 0 amide bonds. The lowest BCUT2D eigenvalue weighted by atomic mass is 10.1. The molecule has 0 radical (unpaired) electrons.